The van der Waals surface area contributed by atoms with Gasteiger partial charge < -0.3 is 0 Å². The highest BCUT2D eigenvalue weighted by Crippen LogP contribution is 2.44. The third-order valence-electron chi connectivity index (χ3n) is 7.17. The van der Waals surface area contributed by atoms with E-state index in [1.807, 2.05) is 0 Å². The fourth-order valence-electron chi connectivity index (χ4n) is 4.94. The van der Waals surface area contributed by atoms with Gasteiger partial charge in [-0.1, -0.05) is 163 Å². The van der Waals surface area contributed by atoms with E-state index in [9.17, 15) is 6.85 Å². The van der Waals surface area contributed by atoms with Gasteiger partial charge in [0.25, 0.3) is 0 Å². The first kappa shape index (κ1) is 12.6. The molecule has 0 atom stereocenters. The van der Waals surface area contributed by atoms with Crippen LogP contribution in [0.2, 0.25) is 0 Å². The Morgan fingerprint density at radius 1 is 0.380 bits per heavy atom. The van der Waals surface area contributed by atoms with Crippen molar-refractivity contribution in [1.82, 2.24) is 15.0 Å². The maximum atomic E-state index is 9.75. The van der Waals surface area contributed by atoms with Crippen molar-refractivity contribution in [2.24, 2.45) is 0 Å². The topological polar surface area (TPSA) is 38.7 Å². The molecule has 236 valence electrons. The van der Waals surface area contributed by atoms with Crippen molar-refractivity contribution in [2.75, 3.05) is 0 Å². The minimum atomic E-state index is -0.991. The molecule has 50 heavy (non-hydrogen) atoms. The van der Waals surface area contributed by atoms with Crippen molar-refractivity contribution >= 4 is 31.5 Å². The second kappa shape index (κ2) is 12.7. The van der Waals surface area contributed by atoms with Gasteiger partial charge in [0.1, 0.15) is 0 Å². The Kier molecular flexibility index (Phi) is 3.19. The van der Waals surface area contributed by atoms with Gasteiger partial charge in [-0.2, -0.15) is 0 Å². The first-order chi connectivity index (χ1) is 36.3. The van der Waals surface area contributed by atoms with E-state index >= 15 is 0 Å². The summed E-state index contributed by atoms with van der Waals surface area (Å²) in [4.78, 5) is 12.9. The zero-order valence-corrected chi connectivity index (χ0v) is 26.1. The largest absolute Gasteiger partial charge is 0.208 e. The molecule has 0 radical (unpaired) electrons. The summed E-state index contributed by atoms with van der Waals surface area (Å²) in [5.74, 6) is -2.26. The van der Waals surface area contributed by atoms with Crippen molar-refractivity contribution < 1.29 is 38.4 Å². The minimum Gasteiger partial charge on any atom is -0.208 e. The predicted octanol–water partition coefficient (Wildman–Crippen LogP) is 12.5. The number of nitrogens with zero attached hydrogens (tertiary/aromatic N) is 3. The van der Waals surface area contributed by atoms with Gasteiger partial charge in [0.05, 0.1) is 38.4 Å². The van der Waals surface area contributed by atoms with E-state index in [4.69, 9.17) is 31.5 Å². The summed E-state index contributed by atoms with van der Waals surface area (Å²) in [5.41, 5.74) is -6.05. The van der Waals surface area contributed by atoms with E-state index in [0.717, 1.165) is 0 Å². The molecule has 7 aromatic carbocycles. The average Bonchev–Trinajstić information content (AvgIpc) is 3.83. The van der Waals surface area contributed by atoms with Crippen LogP contribution < -0.4 is 0 Å². The third kappa shape index (κ3) is 5.56. The summed E-state index contributed by atoms with van der Waals surface area (Å²) in [5, 5.41) is -0.806. The molecule has 0 fully saturated rings. The predicted molar refractivity (Wildman–Crippen MR) is 210 cm³/mol. The lowest BCUT2D eigenvalue weighted by Crippen LogP contribution is -2.00. The van der Waals surface area contributed by atoms with Crippen LogP contribution in [0.15, 0.2) is 169 Å². The monoisotopic (exact) mass is 685 g/mol. The number of fused-ring (bicyclic) bond motifs is 3. The average molecular weight is 686 g/mol. The van der Waals surface area contributed by atoms with Crippen LogP contribution in [0, 0.1) is 6.92 Å². The Morgan fingerprint density at radius 3 is 1.46 bits per heavy atom. The van der Waals surface area contributed by atoms with E-state index in [1.165, 1.54) is 6.92 Å². The second-order valence-corrected chi connectivity index (χ2v) is 11.3. The van der Waals surface area contributed by atoms with Crippen LogP contribution in [0.3, 0.4) is 0 Å². The summed E-state index contributed by atoms with van der Waals surface area (Å²) in [7, 11) is 0. The standard InChI is InChI=1S/C46H31N3S/c1-30-12-8-18-36(28-30)45-47-44(34-15-6-3-7-16-34)48-46(49-45)37-19-9-17-35(29-37)39-21-11-23-41-40-22-10-20-38(42(40)50-43(39)41)33-26-24-32(25-27-33)31-13-4-2-5-14-31/h2-29H,1H3/i2D,3D,4D,5D,6D,7D,8D,9D,10D,11D,12D,13D,14D,15D,16D,17D,18D,19D,20D,21D,22D,23D,24D,25D,26D,27D,28D,29D. The lowest BCUT2D eigenvalue weighted by Gasteiger charge is -2.10. The van der Waals surface area contributed by atoms with Crippen LogP contribution in [-0.2, 0) is 0 Å². The quantitative estimate of drug-likeness (QED) is 0.175. The Balaban J connectivity index is 1.41. The van der Waals surface area contributed by atoms with Crippen molar-refractivity contribution in [1.29, 1.82) is 0 Å². The van der Waals surface area contributed by atoms with Gasteiger partial charge in [-0.25, -0.2) is 15.0 Å². The van der Waals surface area contributed by atoms with Gasteiger partial charge in [-0.3, -0.25) is 0 Å². The number of rotatable bonds is 6. The first-order valence-corrected chi connectivity index (χ1v) is 15.3. The summed E-state index contributed by atoms with van der Waals surface area (Å²) < 4.78 is 246. The smallest absolute Gasteiger partial charge is 0.164 e. The van der Waals surface area contributed by atoms with Gasteiger partial charge in [-0.05, 0) is 52.4 Å². The molecule has 2 aromatic heterocycles. The van der Waals surface area contributed by atoms with E-state index in [0.29, 0.717) is 11.3 Å². The lowest BCUT2D eigenvalue weighted by atomic mass is 9.98. The van der Waals surface area contributed by atoms with Gasteiger partial charge in [0, 0.05) is 36.9 Å². The summed E-state index contributed by atoms with van der Waals surface area (Å²) in [6.07, 6.45) is 0. The molecule has 0 aliphatic rings. The van der Waals surface area contributed by atoms with Gasteiger partial charge in [0.2, 0.25) is 0 Å². The number of hydrogen-bond acceptors (Lipinski definition) is 4. The van der Waals surface area contributed by atoms with Gasteiger partial charge in [-0.15, -0.1) is 11.3 Å². The highest BCUT2D eigenvalue weighted by molar-refractivity contribution is 7.26. The van der Waals surface area contributed by atoms with Crippen LogP contribution in [-0.4, -0.2) is 15.0 Å². The molecule has 4 heteroatoms. The molecule has 0 unspecified atom stereocenters. The first-order valence-electron chi connectivity index (χ1n) is 28.5. The van der Waals surface area contributed by atoms with E-state index < -0.39 is 248 Å². The molecular weight excluding hydrogens is 627 g/mol. The van der Waals surface area contributed by atoms with E-state index in [2.05, 4.69) is 15.0 Å². The van der Waals surface area contributed by atoms with Crippen LogP contribution in [0.25, 0.3) is 87.7 Å². The fourth-order valence-corrected chi connectivity index (χ4v) is 6.17. The van der Waals surface area contributed by atoms with E-state index in [-0.39, 0.29) is 15.0 Å². The Bertz CT molecular complexity index is 4070. The second-order valence-electron chi connectivity index (χ2n) is 10.3. The van der Waals surface area contributed by atoms with Crippen molar-refractivity contribution in [3.8, 4) is 67.5 Å². The van der Waals surface area contributed by atoms with Crippen LogP contribution in [0.4, 0.5) is 0 Å². The minimum absolute atomic E-state index is 0.133. The number of aromatic nitrogens is 3. The molecule has 0 amide bonds. The molecule has 3 nitrogen and oxygen atoms in total. The SMILES string of the molecule is [2H]c1c([2H])c([2H])c(-c2nc(-c3c([2H])c([2H])c([2H])c(C)c3[2H])nc(-c3c([2H])c([2H])c([2H])c(-c4c([2H])c([2H])c([2H])c5c4sc4c(-c6c([2H])c([2H])c(-c7c([2H])c([2H])c([2H])c([2H])c7[2H])c([2H])c6[2H])c([2H])c([2H])c([2H])c45)c3[2H])n2)c([2H])c1[2H]. The maximum Gasteiger partial charge on any atom is 0.164 e. The summed E-state index contributed by atoms with van der Waals surface area (Å²) >= 11 is 0.512. The molecule has 0 saturated heterocycles. The number of benzene rings is 7. The zero-order chi connectivity index (χ0) is 57.8. The van der Waals surface area contributed by atoms with Crippen molar-refractivity contribution in [3.63, 3.8) is 0 Å². The van der Waals surface area contributed by atoms with Gasteiger partial charge >= 0.3 is 0 Å². The highest BCUT2D eigenvalue weighted by Gasteiger charge is 2.16. The zero-order valence-electron chi connectivity index (χ0n) is 53.2. The molecule has 0 bridgehead atoms. The third-order valence-corrected chi connectivity index (χ3v) is 8.39. The molecule has 9 rings (SSSR count). The number of hydrogen-bond donors (Lipinski definition) is 0. The van der Waals surface area contributed by atoms with Crippen molar-refractivity contribution in [2.45, 2.75) is 6.92 Å². The summed E-state index contributed by atoms with van der Waals surface area (Å²) in [6.45, 7) is 1.29. The van der Waals surface area contributed by atoms with Crippen molar-refractivity contribution in [3.05, 3.63) is 175 Å². The molecule has 0 N–H and O–H groups in total. The van der Waals surface area contributed by atoms with Crippen LogP contribution in [0.1, 0.15) is 43.9 Å². The molecule has 0 aliphatic heterocycles. The molecule has 0 saturated carbocycles. The molecule has 0 aliphatic carbocycles. The fraction of sp³-hybridized carbons (Fsp3) is 0.0217. The molecule has 9 aromatic rings. The molecule has 0 spiro atoms. The highest BCUT2D eigenvalue weighted by atomic mass is 32.1. The molecule has 2 heterocycles. The Hall–Kier alpha value is -6.23. The maximum absolute atomic E-state index is 9.75. The number of thiophene rings is 1. The molecular formula is C46H31N3S. The lowest BCUT2D eigenvalue weighted by molar-refractivity contribution is 1.07. The Morgan fingerprint density at radius 2 is 0.820 bits per heavy atom. The normalized spacial score (nSPS) is 19.1. The van der Waals surface area contributed by atoms with Crippen LogP contribution in [0.5, 0.6) is 0 Å². The van der Waals surface area contributed by atoms with Crippen LogP contribution >= 0.6 is 11.3 Å². The Labute approximate surface area is 334 Å². The van der Waals surface area contributed by atoms with E-state index in [1.54, 1.807) is 0 Å². The van der Waals surface area contributed by atoms with Gasteiger partial charge in [0.15, 0.2) is 17.5 Å². The summed E-state index contributed by atoms with van der Waals surface area (Å²) in [6, 6.07) is -23.7.